The highest BCUT2D eigenvalue weighted by atomic mass is 32.2. The summed E-state index contributed by atoms with van der Waals surface area (Å²) < 4.78 is 0. The van der Waals surface area contributed by atoms with Gasteiger partial charge in [0.15, 0.2) is 0 Å². The molecule has 0 spiro atoms. The van der Waals surface area contributed by atoms with E-state index >= 15 is 0 Å². The van der Waals surface area contributed by atoms with E-state index in [9.17, 15) is 4.79 Å². The van der Waals surface area contributed by atoms with Gasteiger partial charge in [-0.15, -0.1) is 0 Å². The Hall–Kier alpha value is -1.81. The first-order valence-corrected chi connectivity index (χ1v) is 5.56. The SMILES string of the molecule is NC(=O)Sc1cc(-c2ccccc2)ccn1. The molecule has 0 unspecified atom stereocenters. The molecule has 0 saturated heterocycles. The lowest BCUT2D eigenvalue weighted by Gasteiger charge is -2.02. The van der Waals surface area contributed by atoms with Gasteiger partial charge in [0.05, 0.1) is 0 Å². The number of nitrogens with zero attached hydrogens (tertiary/aromatic N) is 1. The summed E-state index contributed by atoms with van der Waals surface area (Å²) in [4.78, 5) is 14.8. The van der Waals surface area contributed by atoms with Crippen LogP contribution in [0.15, 0.2) is 53.7 Å². The molecule has 1 aromatic carbocycles. The first-order chi connectivity index (χ1) is 7.75. The van der Waals surface area contributed by atoms with Crippen molar-refractivity contribution in [3.05, 3.63) is 48.7 Å². The summed E-state index contributed by atoms with van der Waals surface area (Å²) in [6, 6.07) is 13.7. The Bertz CT molecular complexity index is 499. The van der Waals surface area contributed by atoms with E-state index < -0.39 is 5.24 Å². The molecule has 0 aliphatic rings. The van der Waals surface area contributed by atoms with E-state index in [0.29, 0.717) is 5.03 Å². The molecule has 3 nitrogen and oxygen atoms in total. The smallest absolute Gasteiger partial charge is 0.282 e. The molecule has 2 rings (SSSR count). The fourth-order valence-corrected chi connectivity index (χ4v) is 1.88. The summed E-state index contributed by atoms with van der Waals surface area (Å²) in [7, 11) is 0. The standard InChI is InChI=1S/C12H10N2OS/c13-12(15)16-11-8-10(6-7-14-11)9-4-2-1-3-5-9/h1-8H,(H2,13,15). The summed E-state index contributed by atoms with van der Waals surface area (Å²) in [5, 5.41) is 0.173. The highest BCUT2D eigenvalue weighted by Gasteiger charge is 2.03. The topological polar surface area (TPSA) is 56.0 Å². The van der Waals surface area contributed by atoms with Crippen LogP contribution in [-0.2, 0) is 0 Å². The summed E-state index contributed by atoms with van der Waals surface area (Å²) in [5.74, 6) is 0. The molecular formula is C12H10N2OS. The van der Waals surface area contributed by atoms with E-state index in [1.807, 2.05) is 42.5 Å². The molecule has 1 aromatic heterocycles. The van der Waals surface area contributed by atoms with Crippen LogP contribution in [0.4, 0.5) is 4.79 Å². The van der Waals surface area contributed by atoms with Gasteiger partial charge in [0, 0.05) is 6.20 Å². The number of primary amides is 1. The molecule has 0 saturated carbocycles. The van der Waals surface area contributed by atoms with Gasteiger partial charge in [0.25, 0.3) is 5.24 Å². The largest absolute Gasteiger partial charge is 0.360 e. The summed E-state index contributed by atoms with van der Waals surface area (Å²) in [6.45, 7) is 0. The van der Waals surface area contributed by atoms with Gasteiger partial charge in [-0.1, -0.05) is 30.3 Å². The van der Waals surface area contributed by atoms with Crippen LogP contribution >= 0.6 is 11.8 Å². The van der Waals surface area contributed by atoms with Crippen molar-refractivity contribution in [1.29, 1.82) is 0 Å². The number of hydrogen-bond donors (Lipinski definition) is 1. The monoisotopic (exact) mass is 230 g/mol. The average Bonchev–Trinajstić information content (AvgIpc) is 2.30. The molecule has 0 aliphatic heterocycles. The van der Waals surface area contributed by atoms with E-state index in [1.54, 1.807) is 6.20 Å². The summed E-state index contributed by atoms with van der Waals surface area (Å²) in [6.07, 6.45) is 1.67. The molecule has 0 fully saturated rings. The molecule has 0 aliphatic carbocycles. The number of hydrogen-bond acceptors (Lipinski definition) is 3. The maximum Gasteiger partial charge on any atom is 0.282 e. The van der Waals surface area contributed by atoms with Crippen LogP contribution < -0.4 is 5.73 Å². The van der Waals surface area contributed by atoms with Gasteiger partial charge in [-0.2, -0.15) is 0 Å². The third-order valence-corrected chi connectivity index (χ3v) is 2.68. The van der Waals surface area contributed by atoms with Gasteiger partial charge >= 0.3 is 0 Å². The van der Waals surface area contributed by atoms with Crippen LogP contribution in [0, 0.1) is 0 Å². The molecule has 80 valence electrons. The first kappa shape index (κ1) is 10.7. The zero-order valence-electron chi connectivity index (χ0n) is 8.46. The zero-order valence-corrected chi connectivity index (χ0v) is 9.28. The Morgan fingerprint density at radius 1 is 1.12 bits per heavy atom. The number of aromatic nitrogens is 1. The number of carbonyl (C=O) groups excluding carboxylic acids is 1. The van der Waals surface area contributed by atoms with Crippen molar-refractivity contribution in [2.75, 3.05) is 0 Å². The van der Waals surface area contributed by atoms with Gasteiger partial charge in [0.1, 0.15) is 5.03 Å². The van der Waals surface area contributed by atoms with Crippen LogP contribution in [0.5, 0.6) is 0 Å². The van der Waals surface area contributed by atoms with Crippen molar-refractivity contribution in [2.45, 2.75) is 5.03 Å². The van der Waals surface area contributed by atoms with Gasteiger partial charge in [0.2, 0.25) is 0 Å². The van der Waals surface area contributed by atoms with E-state index in [-0.39, 0.29) is 0 Å². The minimum atomic E-state index is -0.447. The number of pyridine rings is 1. The second-order valence-electron chi connectivity index (χ2n) is 3.17. The van der Waals surface area contributed by atoms with Gasteiger partial charge in [-0.3, -0.25) is 4.79 Å². The van der Waals surface area contributed by atoms with Crippen molar-refractivity contribution in [3.8, 4) is 11.1 Å². The fraction of sp³-hybridized carbons (Fsp3) is 0. The Balaban J connectivity index is 2.33. The third-order valence-electron chi connectivity index (χ3n) is 2.05. The predicted octanol–water partition coefficient (Wildman–Crippen LogP) is 2.92. The number of amides is 1. The number of nitrogens with two attached hydrogens (primary N) is 1. The van der Waals surface area contributed by atoms with E-state index in [1.165, 1.54) is 0 Å². The molecule has 1 heterocycles. The Labute approximate surface area is 97.7 Å². The summed E-state index contributed by atoms with van der Waals surface area (Å²) >= 11 is 0.935. The lowest BCUT2D eigenvalue weighted by atomic mass is 10.1. The highest BCUT2D eigenvalue weighted by molar-refractivity contribution is 8.13. The number of benzene rings is 1. The van der Waals surface area contributed by atoms with Crippen molar-refractivity contribution in [1.82, 2.24) is 4.98 Å². The van der Waals surface area contributed by atoms with Crippen LogP contribution in [0.3, 0.4) is 0 Å². The lowest BCUT2D eigenvalue weighted by Crippen LogP contribution is -2.02. The normalized spacial score (nSPS) is 10.0. The van der Waals surface area contributed by atoms with Crippen molar-refractivity contribution >= 4 is 17.0 Å². The summed E-state index contributed by atoms with van der Waals surface area (Å²) in [5.41, 5.74) is 7.22. The van der Waals surface area contributed by atoms with Crippen molar-refractivity contribution < 1.29 is 4.79 Å². The first-order valence-electron chi connectivity index (χ1n) is 4.74. The Morgan fingerprint density at radius 3 is 2.56 bits per heavy atom. The molecule has 0 radical (unpaired) electrons. The Morgan fingerprint density at radius 2 is 1.88 bits per heavy atom. The zero-order chi connectivity index (χ0) is 11.4. The highest BCUT2D eigenvalue weighted by Crippen LogP contribution is 2.23. The minimum absolute atomic E-state index is 0.447. The minimum Gasteiger partial charge on any atom is -0.360 e. The molecule has 0 atom stereocenters. The fourth-order valence-electron chi connectivity index (χ4n) is 1.38. The molecule has 16 heavy (non-hydrogen) atoms. The van der Waals surface area contributed by atoms with Crippen molar-refractivity contribution in [2.24, 2.45) is 5.73 Å². The van der Waals surface area contributed by atoms with E-state index in [0.717, 1.165) is 22.9 Å². The molecule has 1 amide bonds. The second-order valence-corrected chi connectivity index (χ2v) is 4.19. The maximum absolute atomic E-state index is 10.8. The second kappa shape index (κ2) is 4.81. The van der Waals surface area contributed by atoms with E-state index in [4.69, 9.17) is 5.73 Å². The van der Waals surface area contributed by atoms with Gasteiger partial charge in [-0.05, 0) is 35.0 Å². The number of rotatable bonds is 2. The van der Waals surface area contributed by atoms with Gasteiger partial charge < -0.3 is 5.73 Å². The molecule has 2 aromatic rings. The molecule has 2 N–H and O–H groups in total. The Kier molecular flexibility index (Phi) is 3.22. The van der Waals surface area contributed by atoms with Crippen LogP contribution in [0.25, 0.3) is 11.1 Å². The van der Waals surface area contributed by atoms with E-state index in [2.05, 4.69) is 4.98 Å². The van der Waals surface area contributed by atoms with Crippen LogP contribution in [0.2, 0.25) is 0 Å². The quantitative estimate of drug-likeness (QED) is 0.807. The molecular weight excluding hydrogens is 220 g/mol. The predicted molar refractivity (Wildman–Crippen MR) is 65.1 cm³/mol. The molecule has 4 heteroatoms. The average molecular weight is 230 g/mol. The number of thioether (sulfide) groups is 1. The van der Waals surface area contributed by atoms with Crippen LogP contribution in [0.1, 0.15) is 0 Å². The molecule has 0 bridgehead atoms. The third kappa shape index (κ3) is 2.61. The maximum atomic E-state index is 10.8. The van der Waals surface area contributed by atoms with Crippen molar-refractivity contribution in [3.63, 3.8) is 0 Å². The van der Waals surface area contributed by atoms with Crippen LogP contribution in [-0.4, -0.2) is 10.2 Å². The number of carbonyl (C=O) groups is 1. The lowest BCUT2D eigenvalue weighted by molar-refractivity contribution is 0.267. The van der Waals surface area contributed by atoms with Gasteiger partial charge in [-0.25, -0.2) is 4.98 Å².